The Hall–Kier alpha value is -2.13. The van der Waals surface area contributed by atoms with E-state index in [2.05, 4.69) is 80.4 Å². The molecular weight excluding hydrogens is 332 g/mol. The molecule has 2 aromatic carbocycles. The Balaban J connectivity index is 1.50. The normalized spacial score (nSPS) is 16.9. The van der Waals surface area contributed by atoms with Gasteiger partial charge >= 0.3 is 0 Å². The Morgan fingerprint density at radius 3 is 2.30 bits per heavy atom. The Labute approximate surface area is 163 Å². The standard InChI is InChI=1S/C24H32N2O/c1-17-5-8-21(9-6-17)16-26-13-11-22(12-14-26)24(27)25-20(4)23-10-7-18(2)15-19(23)3/h5-10,15,20,22H,11-14,16H2,1-4H3,(H,25,27)/t20-/m1/s1. The van der Waals surface area contributed by atoms with E-state index in [1.165, 1.54) is 27.8 Å². The van der Waals surface area contributed by atoms with Gasteiger partial charge in [-0.25, -0.2) is 0 Å². The molecule has 3 nitrogen and oxygen atoms in total. The zero-order chi connectivity index (χ0) is 19.4. The maximum absolute atomic E-state index is 12.7. The highest BCUT2D eigenvalue weighted by Gasteiger charge is 2.26. The lowest BCUT2D eigenvalue weighted by Gasteiger charge is -2.32. The quantitative estimate of drug-likeness (QED) is 0.834. The summed E-state index contributed by atoms with van der Waals surface area (Å²) in [5, 5.41) is 3.24. The number of amides is 1. The van der Waals surface area contributed by atoms with E-state index in [-0.39, 0.29) is 17.9 Å². The van der Waals surface area contributed by atoms with Gasteiger partial charge in [-0.2, -0.15) is 0 Å². The first kappa shape index (κ1) is 19.6. The highest BCUT2D eigenvalue weighted by Crippen LogP contribution is 2.23. The van der Waals surface area contributed by atoms with E-state index >= 15 is 0 Å². The summed E-state index contributed by atoms with van der Waals surface area (Å²) in [5.74, 6) is 0.338. The summed E-state index contributed by atoms with van der Waals surface area (Å²) in [4.78, 5) is 15.2. The lowest BCUT2D eigenvalue weighted by molar-refractivity contribution is -0.127. The number of nitrogens with zero attached hydrogens (tertiary/aromatic N) is 1. The summed E-state index contributed by atoms with van der Waals surface area (Å²) in [6, 6.07) is 15.3. The number of aryl methyl sites for hydroxylation is 3. The van der Waals surface area contributed by atoms with Gasteiger partial charge in [0.2, 0.25) is 5.91 Å². The van der Waals surface area contributed by atoms with Crippen LogP contribution >= 0.6 is 0 Å². The fraction of sp³-hybridized carbons (Fsp3) is 0.458. The minimum absolute atomic E-state index is 0.0590. The highest BCUT2D eigenvalue weighted by molar-refractivity contribution is 5.79. The fourth-order valence-electron chi connectivity index (χ4n) is 4.03. The van der Waals surface area contributed by atoms with Crippen molar-refractivity contribution in [1.82, 2.24) is 10.2 Å². The van der Waals surface area contributed by atoms with Crippen molar-refractivity contribution in [3.63, 3.8) is 0 Å². The molecule has 0 bridgehead atoms. The third-order valence-electron chi connectivity index (χ3n) is 5.74. The zero-order valence-corrected chi connectivity index (χ0v) is 17.1. The molecule has 144 valence electrons. The second-order valence-electron chi connectivity index (χ2n) is 8.13. The molecule has 2 aromatic rings. The number of hydrogen-bond donors (Lipinski definition) is 1. The molecule has 0 aromatic heterocycles. The second-order valence-corrected chi connectivity index (χ2v) is 8.13. The molecule has 1 heterocycles. The number of nitrogens with one attached hydrogen (secondary N) is 1. The molecule has 1 aliphatic rings. The van der Waals surface area contributed by atoms with Crippen molar-refractivity contribution in [2.75, 3.05) is 13.1 Å². The van der Waals surface area contributed by atoms with Gasteiger partial charge in [0, 0.05) is 12.5 Å². The summed E-state index contributed by atoms with van der Waals surface area (Å²) in [6.07, 6.45) is 1.88. The van der Waals surface area contributed by atoms with Gasteiger partial charge in [-0.15, -0.1) is 0 Å². The SMILES string of the molecule is Cc1ccc(CN2CCC(C(=O)N[C@H](C)c3ccc(C)cc3C)CC2)cc1. The van der Waals surface area contributed by atoms with Crippen LogP contribution in [0.5, 0.6) is 0 Å². The van der Waals surface area contributed by atoms with Crippen molar-refractivity contribution < 1.29 is 4.79 Å². The molecule has 1 saturated heterocycles. The van der Waals surface area contributed by atoms with E-state index in [0.29, 0.717) is 0 Å². The van der Waals surface area contributed by atoms with Gasteiger partial charge in [0.1, 0.15) is 0 Å². The lowest BCUT2D eigenvalue weighted by Crippen LogP contribution is -2.41. The Morgan fingerprint density at radius 1 is 1.04 bits per heavy atom. The molecule has 0 unspecified atom stereocenters. The van der Waals surface area contributed by atoms with Crippen LogP contribution in [0.1, 0.15) is 53.6 Å². The molecule has 27 heavy (non-hydrogen) atoms. The average Bonchev–Trinajstić information content (AvgIpc) is 2.64. The van der Waals surface area contributed by atoms with Gasteiger partial charge in [-0.05, 0) is 70.3 Å². The first-order chi connectivity index (χ1) is 12.9. The van der Waals surface area contributed by atoms with Crippen LogP contribution in [0.25, 0.3) is 0 Å². The van der Waals surface area contributed by atoms with Crippen LogP contribution < -0.4 is 5.32 Å². The van der Waals surface area contributed by atoms with E-state index in [4.69, 9.17) is 0 Å². The maximum atomic E-state index is 12.7. The van der Waals surface area contributed by atoms with Crippen molar-refractivity contribution in [3.8, 4) is 0 Å². The molecule has 0 saturated carbocycles. The maximum Gasteiger partial charge on any atom is 0.223 e. The number of likely N-dealkylation sites (tertiary alicyclic amines) is 1. The van der Waals surface area contributed by atoms with Crippen LogP contribution in [-0.4, -0.2) is 23.9 Å². The van der Waals surface area contributed by atoms with Crippen molar-refractivity contribution in [3.05, 3.63) is 70.3 Å². The molecule has 0 radical (unpaired) electrons. The van der Waals surface area contributed by atoms with E-state index < -0.39 is 0 Å². The third-order valence-corrected chi connectivity index (χ3v) is 5.74. The summed E-state index contributed by atoms with van der Waals surface area (Å²) in [5.41, 5.74) is 6.37. The number of carbonyl (C=O) groups excluding carboxylic acids is 1. The molecular formula is C24H32N2O. The number of carbonyl (C=O) groups is 1. The van der Waals surface area contributed by atoms with Gasteiger partial charge in [0.05, 0.1) is 6.04 Å². The molecule has 0 aliphatic carbocycles. The van der Waals surface area contributed by atoms with Crippen molar-refractivity contribution in [1.29, 1.82) is 0 Å². The molecule has 1 N–H and O–H groups in total. The average molecular weight is 365 g/mol. The van der Waals surface area contributed by atoms with Crippen LogP contribution in [0.2, 0.25) is 0 Å². The minimum atomic E-state index is 0.0590. The van der Waals surface area contributed by atoms with Crippen molar-refractivity contribution in [2.45, 2.75) is 53.1 Å². The first-order valence-corrected chi connectivity index (χ1v) is 10.1. The summed E-state index contributed by atoms with van der Waals surface area (Å²) < 4.78 is 0. The molecule has 3 rings (SSSR count). The van der Waals surface area contributed by atoms with Gasteiger partial charge in [0.25, 0.3) is 0 Å². The number of benzene rings is 2. The van der Waals surface area contributed by atoms with Crippen LogP contribution in [0.3, 0.4) is 0 Å². The summed E-state index contributed by atoms with van der Waals surface area (Å²) in [6.45, 7) is 11.4. The molecule has 1 aliphatic heterocycles. The van der Waals surface area contributed by atoms with Crippen LogP contribution in [0.4, 0.5) is 0 Å². The minimum Gasteiger partial charge on any atom is -0.349 e. The number of hydrogen-bond acceptors (Lipinski definition) is 2. The molecule has 1 fully saturated rings. The molecule has 1 amide bonds. The Kier molecular flexibility index (Phi) is 6.33. The molecule has 1 atom stereocenters. The van der Waals surface area contributed by atoms with Crippen LogP contribution in [-0.2, 0) is 11.3 Å². The molecule has 3 heteroatoms. The molecule has 0 spiro atoms. The lowest BCUT2D eigenvalue weighted by atomic mass is 9.94. The Bertz CT molecular complexity index is 773. The predicted molar refractivity (Wildman–Crippen MR) is 112 cm³/mol. The monoisotopic (exact) mass is 364 g/mol. The second kappa shape index (κ2) is 8.71. The van der Waals surface area contributed by atoms with Gasteiger partial charge in [-0.1, -0.05) is 53.6 Å². The van der Waals surface area contributed by atoms with Crippen molar-refractivity contribution in [2.24, 2.45) is 5.92 Å². The van der Waals surface area contributed by atoms with E-state index in [0.717, 1.165) is 32.5 Å². The van der Waals surface area contributed by atoms with Gasteiger partial charge in [0.15, 0.2) is 0 Å². The largest absolute Gasteiger partial charge is 0.349 e. The Morgan fingerprint density at radius 2 is 1.67 bits per heavy atom. The number of rotatable bonds is 5. The van der Waals surface area contributed by atoms with E-state index in [1.807, 2.05) is 0 Å². The summed E-state index contributed by atoms with van der Waals surface area (Å²) >= 11 is 0. The van der Waals surface area contributed by atoms with E-state index in [9.17, 15) is 4.79 Å². The van der Waals surface area contributed by atoms with Crippen LogP contribution in [0.15, 0.2) is 42.5 Å². The van der Waals surface area contributed by atoms with Gasteiger partial charge in [-0.3, -0.25) is 9.69 Å². The smallest absolute Gasteiger partial charge is 0.223 e. The predicted octanol–water partition coefficient (Wildman–Crippen LogP) is 4.70. The fourth-order valence-corrected chi connectivity index (χ4v) is 4.03. The van der Waals surface area contributed by atoms with Crippen molar-refractivity contribution >= 4 is 5.91 Å². The van der Waals surface area contributed by atoms with Gasteiger partial charge < -0.3 is 5.32 Å². The first-order valence-electron chi connectivity index (χ1n) is 10.1. The van der Waals surface area contributed by atoms with Crippen LogP contribution in [0, 0.1) is 26.7 Å². The zero-order valence-electron chi connectivity index (χ0n) is 17.1. The summed E-state index contributed by atoms with van der Waals surface area (Å²) in [7, 11) is 0. The number of piperidine rings is 1. The third kappa shape index (κ3) is 5.20. The van der Waals surface area contributed by atoms with E-state index in [1.54, 1.807) is 0 Å². The topological polar surface area (TPSA) is 32.3 Å². The highest BCUT2D eigenvalue weighted by atomic mass is 16.1.